The van der Waals surface area contributed by atoms with E-state index in [1.54, 1.807) is 0 Å². The zero-order valence-corrected chi connectivity index (χ0v) is 9.54. The van der Waals surface area contributed by atoms with Gasteiger partial charge >= 0.3 is 0 Å². The molecule has 1 aliphatic rings. The van der Waals surface area contributed by atoms with Crippen molar-refractivity contribution < 1.29 is 4.39 Å². The Labute approximate surface area is 95.6 Å². The Morgan fingerprint density at radius 2 is 2.00 bits per heavy atom. The SMILES string of the molecule is CC(NC1=NCCCC1)c1ccc(F)cc1. The third-order valence-corrected chi connectivity index (χ3v) is 2.88. The van der Waals surface area contributed by atoms with Crippen LogP contribution in [0.4, 0.5) is 4.39 Å². The van der Waals surface area contributed by atoms with E-state index < -0.39 is 0 Å². The van der Waals surface area contributed by atoms with Crippen LogP contribution in [0.1, 0.15) is 37.8 Å². The van der Waals surface area contributed by atoms with Crippen LogP contribution in [0.2, 0.25) is 0 Å². The first kappa shape index (κ1) is 11.1. The fourth-order valence-corrected chi connectivity index (χ4v) is 1.90. The number of halogens is 1. The number of amidine groups is 1. The number of hydrogen-bond donors (Lipinski definition) is 1. The zero-order valence-electron chi connectivity index (χ0n) is 9.54. The summed E-state index contributed by atoms with van der Waals surface area (Å²) in [5.74, 6) is 0.897. The van der Waals surface area contributed by atoms with Crippen LogP contribution in [0.5, 0.6) is 0 Å². The molecule has 0 amide bonds. The molecule has 0 spiro atoms. The normalized spacial score (nSPS) is 17.8. The predicted molar refractivity (Wildman–Crippen MR) is 64.1 cm³/mol. The topological polar surface area (TPSA) is 24.4 Å². The molecule has 0 saturated carbocycles. The summed E-state index contributed by atoms with van der Waals surface area (Å²) in [7, 11) is 0. The van der Waals surface area contributed by atoms with Crippen molar-refractivity contribution in [1.29, 1.82) is 0 Å². The first-order valence-electron chi connectivity index (χ1n) is 5.81. The zero-order chi connectivity index (χ0) is 11.4. The average Bonchev–Trinajstić information content (AvgIpc) is 2.31. The Bertz CT molecular complexity index is 370. The Hall–Kier alpha value is -1.38. The lowest BCUT2D eigenvalue weighted by Crippen LogP contribution is -2.28. The van der Waals surface area contributed by atoms with Crippen LogP contribution < -0.4 is 5.32 Å². The van der Waals surface area contributed by atoms with Gasteiger partial charge in [0, 0.05) is 19.0 Å². The fraction of sp³-hybridized carbons (Fsp3) is 0.462. The molecule has 0 aliphatic carbocycles. The van der Waals surface area contributed by atoms with Gasteiger partial charge in [-0.3, -0.25) is 4.99 Å². The van der Waals surface area contributed by atoms with E-state index in [4.69, 9.17) is 0 Å². The van der Waals surface area contributed by atoms with Crippen LogP contribution in [-0.2, 0) is 0 Å². The van der Waals surface area contributed by atoms with E-state index in [9.17, 15) is 4.39 Å². The molecule has 0 fully saturated rings. The summed E-state index contributed by atoms with van der Waals surface area (Å²) in [6.07, 6.45) is 3.43. The van der Waals surface area contributed by atoms with Gasteiger partial charge in [-0.2, -0.15) is 0 Å². The second-order valence-corrected chi connectivity index (χ2v) is 4.20. The van der Waals surface area contributed by atoms with Crippen molar-refractivity contribution in [1.82, 2.24) is 5.32 Å². The summed E-state index contributed by atoms with van der Waals surface area (Å²) in [5.41, 5.74) is 1.09. The number of rotatable bonds is 2. The molecule has 0 aromatic heterocycles. The molecule has 1 aliphatic heterocycles. The molecule has 1 N–H and O–H groups in total. The molecule has 2 rings (SSSR count). The number of aliphatic imine (C=N–C) groups is 1. The Morgan fingerprint density at radius 3 is 2.62 bits per heavy atom. The number of nitrogens with zero attached hydrogens (tertiary/aromatic N) is 1. The van der Waals surface area contributed by atoms with Gasteiger partial charge in [-0.15, -0.1) is 0 Å². The monoisotopic (exact) mass is 220 g/mol. The minimum atomic E-state index is -0.189. The molecule has 0 radical (unpaired) electrons. The van der Waals surface area contributed by atoms with Gasteiger partial charge < -0.3 is 5.32 Å². The highest BCUT2D eigenvalue weighted by atomic mass is 19.1. The van der Waals surface area contributed by atoms with E-state index in [0.717, 1.165) is 24.4 Å². The van der Waals surface area contributed by atoms with E-state index in [0.29, 0.717) is 0 Å². The van der Waals surface area contributed by atoms with Gasteiger partial charge in [0.05, 0.1) is 5.84 Å². The van der Waals surface area contributed by atoms with Gasteiger partial charge in [-0.1, -0.05) is 12.1 Å². The Morgan fingerprint density at radius 1 is 1.25 bits per heavy atom. The van der Waals surface area contributed by atoms with E-state index in [2.05, 4.69) is 17.2 Å². The van der Waals surface area contributed by atoms with E-state index in [-0.39, 0.29) is 11.9 Å². The van der Waals surface area contributed by atoms with Crippen molar-refractivity contribution in [2.24, 2.45) is 4.99 Å². The maximum Gasteiger partial charge on any atom is 0.123 e. The summed E-state index contributed by atoms with van der Waals surface area (Å²) >= 11 is 0. The van der Waals surface area contributed by atoms with Gasteiger partial charge in [0.25, 0.3) is 0 Å². The maximum absolute atomic E-state index is 12.8. The number of nitrogens with one attached hydrogen (secondary N) is 1. The molecule has 1 heterocycles. The van der Waals surface area contributed by atoms with Crippen LogP contribution in [0.15, 0.2) is 29.3 Å². The van der Waals surface area contributed by atoms with Crippen LogP contribution >= 0.6 is 0 Å². The van der Waals surface area contributed by atoms with Crippen molar-refractivity contribution in [2.45, 2.75) is 32.2 Å². The van der Waals surface area contributed by atoms with Crippen molar-refractivity contribution in [3.63, 3.8) is 0 Å². The largest absolute Gasteiger partial charge is 0.367 e. The fourth-order valence-electron chi connectivity index (χ4n) is 1.90. The number of benzene rings is 1. The molecule has 1 atom stereocenters. The highest BCUT2D eigenvalue weighted by Crippen LogP contribution is 2.14. The molecular weight excluding hydrogens is 203 g/mol. The predicted octanol–water partition coefficient (Wildman–Crippen LogP) is 3.06. The molecule has 2 nitrogen and oxygen atoms in total. The van der Waals surface area contributed by atoms with E-state index >= 15 is 0 Å². The maximum atomic E-state index is 12.8. The summed E-state index contributed by atoms with van der Waals surface area (Å²) < 4.78 is 12.8. The van der Waals surface area contributed by atoms with Crippen LogP contribution in [0.3, 0.4) is 0 Å². The van der Waals surface area contributed by atoms with Crippen LogP contribution in [0.25, 0.3) is 0 Å². The summed E-state index contributed by atoms with van der Waals surface area (Å²) in [6.45, 7) is 3.00. The van der Waals surface area contributed by atoms with Crippen molar-refractivity contribution in [3.8, 4) is 0 Å². The standard InChI is InChI=1S/C13H17FN2/c1-10(11-5-7-12(14)8-6-11)16-13-4-2-3-9-15-13/h5-8,10H,2-4,9H2,1H3,(H,15,16). The van der Waals surface area contributed by atoms with Gasteiger partial charge in [0.15, 0.2) is 0 Å². The van der Waals surface area contributed by atoms with Gasteiger partial charge in [0.2, 0.25) is 0 Å². The average molecular weight is 220 g/mol. The second-order valence-electron chi connectivity index (χ2n) is 4.20. The van der Waals surface area contributed by atoms with Gasteiger partial charge in [0.1, 0.15) is 5.82 Å². The van der Waals surface area contributed by atoms with Crippen molar-refractivity contribution >= 4 is 5.84 Å². The van der Waals surface area contributed by atoms with Gasteiger partial charge in [-0.25, -0.2) is 4.39 Å². The molecule has 0 saturated heterocycles. The van der Waals surface area contributed by atoms with Gasteiger partial charge in [-0.05, 0) is 37.5 Å². The molecule has 1 aromatic carbocycles. The summed E-state index contributed by atoms with van der Waals surface area (Å²) in [4.78, 5) is 4.44. The first-order valence-corrected chi connectivity index (χ1v) is 5.81. The molecule has 3 heteroatoms. The van der Waals surface area contributed by atoms with Crippen LogP contribution in [-0.4, -0.2) is 12.4 Å². The third kappa shape index (κ3) is 2.81. The molecule has 16 heavy (non-hydrogen) atoms. The molecule has 0 bridgehead atoms. The number of hydrogen-bond acceptors (Lipinski definition) is 2. The minimum absolute atomic E-state index is 0.189. The lowest BCUT2D eigenvalue weighted by molar-refractivity contribution is 0.622. The van der Waals surface area contributed by atoms with Crippen LogP contribution in [0, 0.1) is 5.82 Å². The van der Waals surface area contributed by atoms with Crippen molar-refractivity contribution in [3.05, 3.63) is 35.6 Å². The lowest BCUT2D eigenvalue weighted by Gasteiger charge is -2.19. The summed E-state index contributed by atoms with van der Waals surface area (Å²) in [5, 5.41) is 3.38. The Kier molecular flexibility index (Phi) is 3.54. The molecule has 86 valence electrons. The van der Waals surface area contributed by atoms with E-state index in [1.807, 2.05) is 12.1 Å². The first-order chi connectivity index (χ1) is 7.75. The highest BCUT2D eigenvalue weighted by molar-refractivity contribution is 5.83. The minimum Gasteiger partial charge on any atom is -0.367 e. The Balaban J connectivity index is 1.99. The van der Waals surface area contributed by atoms with E-state index in [1.165, 1.54) is 25.0 Å². The second kappa shape index (κ2) is 5.10. The highest BCUT2D eigenvalue weighted by Gasteiger charge is 2.10. The lowest BCUT2D eigenvalue weighted by atomic mass is 10.1. The summed E-state index contributed by atoms with van der Waals surface area (Å²) in [6, 6.07) is 6.82. The van der Waals surface area contributed by atoms with Crippen molar-refractivity contribution in [2.75, 3.05) is 6.54 Å². The third-order valence-electron chi connectivity index (χ3n) is 2.88. The smallest absolute Gasteiger partial charge is 0.123 e. The molecule has 1 unspecified atom stereocenters. The molecule has 1 aromatic rings. The molecular formula is C13H17FN2. The quantitative estimate of drug-likeness (QED) is 0.814.